The van der Waals surface area contributed by atoms with Crippen molar-refractivity contribution in [1.82, 2.24) is 4.90 Å². The number of amides is 2. The summed E-state index contributed by atoms with van der Waals surface area (Å²) in [5.74, 6) is -0.0688. The van der Waals surface area contributed by atoms with Gasteiger partial charge in [-0.2, -0.15) is 0 Å². The number of benzene rings is 2. The predicted octanol–water partition coefficient (Wildman–Crippen LogP) is 4.48. The zero-order valence-corrected chi connectivity index (χ0v) is 19.9. The number of hydrogen-bond donors (Lipinski definition) is 0. The van der Waals surface area contributed by atoms with E-state index < -0.39 is 5.97 Å². The smallest absolute Gasteiger partial charge is 0.344 e. The van der Waals surface area contributed by atoms with Gasteiger partial charge < -0.3 is 14.2 Å². The van der Waals surface area contributed by atoms with Crippen LogP contribution in [0.25, 0.3) is 6.08 Å². The van der Waals surface area contributed by atoms with E-state index in [9.17, 15) is 14.4 Å². The topological polar surface area (TPSA) is 82.1 Å². The SMILES string of the molecule is CCOC(=O)COc1cc(/C=C2\SC(=O)N(Cc3ccc(I)cc3)C2=O)ccc1OC. The Hall–Kier alpha value is -2.53. The first-order chi connectivity index (χ1) is 14.9. The Bertz CT molecular complexity index is 1020. The van der Waals surface area contributed by atoms with Gasteiger partial charge in [0, 0.05) is 3.57 Å². The van der Waals surface area contributed by atoms with Gasteiger partial charge in [-0.05, 0) is 82.7 Å². The standard InChI is InChI=1S/C22H20INO6S/c1-3-29-20(25)13-30-18-10-15(6-9-17(18)28-2)11-19-21(26)24(22(27)31-19)12-14-4-7-16(23)8-5-14/h4-11H,3,12-13H2,1-2H3/b19-11-. The highest BCUT2D eigenvalue weighted by molar-refractivity contribution is 14.1. The lowest BCUT2D eigenvalue weighted by Gasteiger charge is -2.12. The summed E-state index contributed by atoms with van der Waals surface area (Å²) in [7, 11) is 1.49. The molecule has 0 bridgehead atoms. The zero-order valence-electron chi connectivity index (χ0n) is 16.9. The van der Waals surface area contributed by atoms with E-state index in [2.05, 4.69) is 22.6 Å². The fourth-order valence-corrected chi connectivity index (χ4v) is 3.99. The van der Waals surface area contributed by atoms with Crippen molar-refractivity contribution < 1.29 is 28.6 Å². The average Bonchev–Trinajstić information content (AvgIpc) is 3.01. The maximum atomic E-state index is 12.8. The van der Waals surface area contributed by atoms with Crippen molar-refractivity contribution in [2.24, 2.45) is 0 Å². The van der Waals surface area contributed by atoms with Gasteiger partial charge in [0.15, 0.2) is 18.1 Å². The number of methoxy groups -OCH3 is 1. The summed E-state index contributed by atoms with van der Waals surface area (Å²) in [5, 5.41) is -0.318. The molecule has 1 saturated heterocycles. The van der Waals surface area contributed by atoms with Crippen molar-refractivity contribution in [3.63, 3.8) is 0 Å². The minimum absolute atomic E-state index is 0.218. The molecular weight excluding hydrogens is 533 g/mol. The van der Waals surface area contributed by atoms with Crippen molar-refractivity contribution in [2.45, 2.75) is 13.5 Å². The molecule has 0 radical (unpaired) electrons. The molecule has 1 aliphatic rings. The van der Waals surface area contributed by atoms with E-state index in [4.69, 9.17) is 14.2 Å². The van der Waals surface area contributed by atoms with Crippen LogP contribution >= 0.6 is 34.4 Å². The number of hydrogen-bond acceptors (Lipinski definition) is 7. The molecule has 0 atom stereocenters. The number of carbonyl (C=O) groups is 3. The van der Waals surface area contributed by atoms with E-state index in [1.165, 1.54) is 12.0 Å². The second kappa shape index (κ2) is 10.7. The molecule has 1 aliphatic heterocycles. The van der Waals surface area contributed by atoms with Gasteiger partial charge in [-0.3, -0.25) is 14.5 Å². The maximum absolute atomic E-state index is 12.8. The van der Waals surface area contributed by atoms with E-state index in [0.29, 0.717) is 22.0 Å². The lowest BCUT2D eigenvalue weighted by atomic mass is 10.1. The van der Waals surface area contributed by atoms with Crippen molar-refractivity contribution >= 4 is 57.5 Å². The van der Waals surface area contributed by atoms with Crippen LogP contribution in [0.5, 0.6) is 11.5 Å². The maximum Gasteiger partial charge on any atom is 0.344 e. The van der Waals surface area contributed by atoms with Gasteiger partial charge in [0.1, 0.15) is 0 Å². The fourth-order valence-electron chi connectivity index (χ4n) is 2.80. The summed E-state index contributed by atoms with van der Waals surface area (Å²) < 4.78 is 16.7. The number of carbonyl (C=O) groups excluding carboxylic acids is 3. The summed E-state index contributed by atoms with van der Waals surface area (Å²) in [5.41, 5.74) is 1.52. The van der Waals surface area contributed by atoms with Crippen LogP contribution in [0.1, 0.15) is 18.1 Å². The summed E-state index contributed by atoms with van der Waals surface area (Å²) in [6.45, 7) is 1.93. The highest BCUT2D eigenvalue weighted by Crippen LogP contribution is 2.35. The van der Waals surface area contributed by atoms with Crippen LogP contribution in [0.2, 0.25) is 0 Å². The van der Waals surface area contributed by atoms with Crippen LogP contribution < -0.4 is 9.47 Å². The highest BCUT2D eigenvalue weighted by atomic mass is 127. The minimum atomic E-state index is -0.494. The normalized spacial score (nSPS) is 14.8. The molecule has 3 rings (SSSR count). The van der Waals surface area contributed by atoms with Gasteiger partial charge in [0.05, 0.1) is 25.2 Å². The molecule has 2 amide bonds. The first-order valence-corrected chi connectivity index (χ1v) is 11.3. The Morgan fingerprint density at radius 2 is 1.87 bits per heavy atom. The van der Waals surface area contributed by atoms with E-state index in [-0.39, 0.29) is 30.9 Å². The Balaban J connectivity index is 1.76. The minimum Gasteiger partial charge on any atom is -0.493 e. The molecule has 2 aromatic carbocycles. The summed E-state index contributed by atoms with van der Waals surface area (Å²) in [4.78, 5) is 38.3. The zero-order chi connectivity index (χ0) is 22.4. The monoisotopic (exact) mass is 553 g/mol. The van der Waals surface area contributed by atoms with Crippen LogP contribution in [0.3, 0.4) is 0 Å². The molecule has 0 aliphatic carbocycles. The number of ether oxygens (including phenoxy) is 3. The van der Waals surface area contributed by atoms with Crippen LogP contribution in [-0.2, 0) is 20.9 Å². The van der Waals surface area contributed by atoms with Gasteiger partial charge >= 0.3 is 5.97 Å². The van der Waals surface area contributed by atoms with Crippen LogP contribution in [-0.4, -0.2) is 42.3 Å². The third kappa shape index (κ3) is 6.01. The Morgan fingerprint density at radius 3 is 2.55 bits per heavy atom. The third-order valence-corrected chi connectivity index (χ3v) is 5.89. The van der Waals surface area contributed by atoms with Crippen molar-refractivity contribution in [3.8, 4) is 11.5 Å². The molecule has 31 heavy (non-hydrogen) atoms. The molecule has 0 unspecified atom stereocenters. The molecule has 1 heterocycles. The first kappa shape index (κ1) is 23.1. The van der Waals surface area contributed by atoms with E-state index in [1.54, 1.807) is 31.2 Å². The van der Waals surface area contributed by atoms with Gasteiger partial charge in [0.2, 0.25) is 0 Å². The van der Waals surface area contributed by atoms with E-state index in [0.717, 1.165) is 20.9 Å². The lowest BCUT2D eigenvalue weighted by molar-refractivity contribution is -0.145. The Morgan fingerprint density at radius 1 is 1.13 bits per heavy atom. The van der Waals surface area contributed by atoms with Gasteiger partial charge in [-0.1, -0.05) is 18.2 Å². The highest BCUT2D eigenvalue weighted by Gasteiger charge is 2.35. The molecule has 0 saturated carbocycles. The van der Waals surface area contributed by atoms with Gasteiger partial charge in [-0.15, -0.1) is 0 Å². The van der Waals surface area contributed by atoms with Gasteiger partial charge in [-0.25, -0.2) is 4.79 Å². The fraction of sp³-hybridized carbons (Fsp3) is 0.227. The Labute approximate surface area is 197 Å². The summed E-state index contributed by atoms with van der Waals surface area (Å²) in [6.07, 6.45) is 1.62. The molecule has 1 fully saturated rings. The molecule has 0 spiro atoms. The van der Waals surface area contributed by atoms with Crippen LogP contribution in [0.4, 0.5) is 4.79 Å². The number of thioether (sulfide) groups is 1. The third-order valence-electron chi connectivity index (χ3n) is 4.26. The van der Waals surface area contributed by atoms with E-state index in [1.807, 2.05) is 24.3 Å². The number of imide groups is 1. The second-order valence-electron chi connectivity index (χ2n) is 6.40. The van der Waals surface area contributed by atoms with Crippen molar-refractivity contribution in [2.75, 3.05) is 20.3 Å². The molecule has 0 aromatic heterocycles. The van der Waals surface area contributed by atoms with Crippen LogP contribution in [0, 0.1) is 3.57 Å². The summed E-state index contributed by atoms with van der Waals surface area (Å²) >= 11 is 3.09. The van der Waals surface area contributed by atoms with E-state index >= 15 is 0 Å². The number of esters is 1. The lowest BCUT2D eigenvalue weighted by Crippen LogP contribution is -2.27. The first-order valence-electron chi connectivity index (χ1n) is 9.37. The molecule has 2 aromatic rings. The molecule has 0 N–H and O–H groups in total. The summed E-state index contributed by atoms with van der Waals surface area (Å²) in [6, 6.07) is 12.7. The number of halogens is 1. The molecule has 9 heteroatoms. The van der Waals surface area contributed by atoms with Crippen LogP contribution in [0.15, 0.2) is 47.4 Å². The van der Waals surface area contributed by atoms with Crippen molar-refractivity contribution in [3.05, 3.63) is 62.1 Å². The number of rotatable bonds is 8. The second-order valence-corrected chi connectivity index (χ2v) is 8.64. The molecule has 7 nitrogen and oxygen atoms in total. The quantitative estimate of drug-likeness (QED) is 0.271. The average molecular weight is 553 g/mol. The predicted molar refractivity (Wildman–Crippen MR) is 126 cm³/mol. The number of nitrogens with zero attached hydrogens (tertiary/aromatic N) is 1. The molecular formula is C22H20INO6S. The van der Waals surface area contributed by atoms with Crippen molar-refractivity contribution in [1.29, 1.82) is 0 Å². The van der Waals surface area contributed by atoms with Gasteiger partial charge in [0.25, 0.3) is 11.1 Å². The largest absolute Gasteiger partial charge is 0.493 e. The molecule has 162 valence electrons. The Kier molecular flexibility index (Phi) is 7.97.